The normalized spacial score (nSPS) is 20.8. The number of halogens is 2. The lowest BCUT2D eigenvalue weighted by Gasteiger charge is -2.23. The molecule has 0 aromatic heterocycles. The van der Waals surface area contributed by atoms with Crippen molar-refractivity contribution in [1.82, 2.24) is 5.32 Å². The second-order valence-electron chi connectivity index (χ2n) is 3.61. The van der Waals surface area contributed by atoms with Crippen molar-refractivity contribution in [3.05, 3.63) is 29.0 Å². The van der Waals surface area contributed by atoms with Crippen LogP contribution in [0.2, 0.25) is 5.02 Å². The van der Waals surface area contributed by atoms with E-state index >= 15 is 0 Å². The van der Waals surface area contributed by atoms with Gasteiger partial charge in [0.05, 0.1) is 24.3 Å². The van der Waals surface area contributed by atoms with Crippen molar-refractivity contribution in [3.63, 3.8) is 0 Å². The first-order valence-electron chi connectivity index (χ1n) is 5.14. The highest BCUT2D eigenvalue weighted by atomic mass is 35.5. The molecule has 0 aliphatic carbocycles. The lowest BCUT2D eigenvalue weighted by Crippen LogP contribution is -2.44. The predicted molar refractivity (Wildman–Crippen MR) is 59.5 cm³/mol. The topological polar surface area (TPSA) is 30.5 Å². The fourth-order valence-electron chi connectivity index (χ4n) is 1.51. The summed E-state index contributed by atoms with van der Waals surface area (Å²) in [5.41, 5.74) is 0. The quantitative estimate of drug-likeness (QED) is 0.882. The van der Waals surface area contributed by atoms with Gasteiger partial charge in [-0.2, -0.15) is 0 Å². The SMILES string of the molecule is Fc1ccc(OCC2COCCN2)c(Cl)c1. The molecule has 16 heavy (non-hydrogen) atoms. The first-order valence-corrected chi connectivity index (χ1v) is 5.52. The van der Waals surface area contributed by atoms with Crippen LogP contribution in [0.4, 0.5) is 4.39 Å². The molecule has 1 atom stereocenters. The molecule has 5 heteroatoms. The van der Waals surface area contributed by atoms with Gasteiger partial charge in [0.1, 0.15) is 18.2 Å². The summed E-state index contributed by atoms with van der Waals surface area (Å²) in [4.78, 5) is 0. The zero-order valence-corrected chi connectivity index (χ0v) is 9.47. The summed E-state index contributed by atoms with van der Waals surface area (Å²) in [5.74, 6) is 0.131. The van der Waals surface area contributed by atoms with E-state index in [1.165, 1.54) is 18.2 Å². The van der Waals surface area contributed by atoms with E-state index in [4.69, 9.17) is 21.1 Å². The van der Waals surface area contributed by atoms with E-state index in [0.717, 1.165) is 13.2 Å². The lowest BCUT2D eigenvalue weighted by molar-refractivity contribution is 0.0592. The summed E-state index contributed by atoms with van der Waals surface area (Å²) in [7, 11) is 0. The van der Waals surface area contributed by atoms with Gasteiger partial charge in [0, 0.05) is 6.54 Å². The Morgan fingerprint density at radius 3 is 3.12 bits per heavy atom. The van der Waals surface area contributed by atoms with E-state index in [1.54, 1.807) is 0 Å². The standard InChI is InChI=1S/C11H13ClFNO2/c12-10-5-8(13)1-2-11(10)16-7-9-6-15-4-3-14-9/h1-2,5,9,14H,3-4,6-7H2. The Balaban J connectivity index is 1.88. The van der Waals surface area contributed by atoms with Gasteiger partial charge in [0.15, 0.2) is 0 Å². The summed E-state index contributed by atoms with van der Waals surface area (Å²) in [6.07, 6.45) is 0. The van der Waals surface area contributed by atoms with Gasteiger partial charge in [-0.15, -0.1) is 0 Å². The Morgan fingerprint density at radius 2 is 2.44 bits per heavy atom. The van der Waals surface area contributed by atoms with Gasteiger partial charge in [-0.1, -0.05) is 11.6 Å². The van der Waals surface area contributed by atoms with Crippen LogP contribution in [0.3, 0.4) is 0 Å². The fraction of sp³-hybridized carbons (Fsp3) is 0.455. The minimum atomic E-state index is -0.364. The molecule has 88 valence electrons. The molecule has 1 N–H and O–H groups in total. The van der Waals surface area contributed by atoms with Gasteiger partial charge in [-0.3, -0.25) is 0 Å². The molecule has 1 unspecified atom stereocenters. The average Bonchev–Trinajstić information content (AvgIpc) is 2.29. The first-order chi connectivity index (χ1) is 7.75. The van der Waals surface area contributed by atoms with E-state index < -0.39 is 0 Å². The number of nitrogens with one attached hydrogen (secondary N) is 1. The minimum Gasteiger partial charge on any atom is -0.490 e. The van der Waals surface area contributed by atoms with Gasteiger partial charge < -0.3 is 14.8 Å². The summed E-state index contributed by atoms with van der Waals surface area (Å²) < 4.78 is 23.5. The van der Waals surface area contributed by atoms with Gasteiger partial charge in [-0.25, -0.2) is 4.39 Å². The number of hydrogen-bond acceptors (Lipinski definition) is 3. The fourth-order valence-corrected chi connectivity index (χ4v) is 1.73. The van der Waals surface area contributed by atoms with Crippen LogP contribution in [0.5, 0.6) is 5.75 Å². The number of rotatable bonds is 3. The van der Waals surface area contributed by atoms with Crippen LogP contribution in [-0.4, -0.2) is 32.4 Å². The van der Waals surface area contributed by atoms with Crippen LogP contribution in [0.15, 0.2) is 18.2 Å². The third kappa shape index (κ3) is 3.07. The number of morpholine rings is 1. The van der Waals surface area contributed by atoms with Crippen molar-refractivity contribution >= 4 is 11.6 Å². The maximum Gasteiger partial charge on any atom is 0.138 e. The molecule has 1 aliphatic rings. The van der Waals surface area contributed by atoms with Gasteiger partial charge >= 0.3 is 0 Å². The van der Waals surface area contributed by atoms with E-state index in [1.807, 2.05) is 0 Å². The minimum absolute atomic E-state index is 0.162. The highest BCUT2D eigenvalue weighted by molar-refractivity contribution is 6.32. The zero-order valence-electron chi connectivity index (χ0n) is 8.71. The van der Waals surface area contributed by atoms with Crippen LogP contribution in [0, 0.1) is 5.82 Å². The highest BCUT2D eigenvalue weighted by Crippen LogP contribution is 2.24. The molecule has 0 bridgehead atoms. The molecule has 1 saturated heterocycles. The van der Waals surface area contributed by atoms with E-state index in [2.05, 4.69) is 5.32 Å². The maximum absolute atomic E-state index is 12.8. The van der Waals surface area contributed by atoms with E-state index in [-0.39, 0.29) is 16.9 Å². The Labute approximate surface area is 98.5 Å². The monoisotopic (exact) mass is 245 g/mol. The Morgan fingerprint density at radius 1 is 1.56 bits per heavy atom. The van der Waals surface area contributed by atoms with Crippen LogP contribution >= 0.6 is 11.6 Å². The number of ether oxygens (including phenoxy) is 2. The van der Waals surface area contributed by atoms with Crippen LogP contribution in [-0.2, 0) is 4.74 Å². The molecule has 1 aromatic carbocycles. The van der Waals surface area contributed by atoms with Crippen molar-refractivity contribution in [2.75, 3.05) is 26.4 Å². The van der Waals surface area contributed by atoms with Gasteiger partial charge in [0.25, 0.3) is 0 Å². The largest absolute Gasteiger partial charge is 0.490 e. The van der Waals surface area contributed by atoms with Gasteiger partial charge in [-0.05, 0) is 18.2 Å². The predicted octanol–water partition coefficient (Wildman–Crippen LogP) is 1.85. The Kier molecular flexibility index (Phi) is 3.98. The summed E-state index contributed by atoms with van der Waals surface area (Å²) >= 11 is 5.83. The van der Waals surface area contributed by atoms with Gasteiger partial charge in [0.2, 0.25) is 0 Å². The smallest absolute Gasteiger partial charge is 0.138 e. The molecule has 0 saturated carbocycles. The van der Waals surface area contributed by atoms with Crippen molar-refractivity contribution in [1.29, 1.82) is 0 Å². The molecular weight excluding hydrogens is 233 g/mol. The highest BCUT2D eigenvalue weighted by Gasteiger charge is 2.14. The zero-order chi connectivity index (χ0) is 11.4. The second kappa shape index (κ2) is 5.48. The summed E-state index contributed by atoms with van der Waals surface area (Å²) in [5, 5.41) is 3.54. The Bertz CT molecular complexity index is 356. The molecule has 1 heterocycles. The third-order valence-electron chi connectivity index (χ3n) is 2.33. The third-order valence-corrected chi connectivity index (χ3v) is 2.63. The number of benzene rings is 1. The summed E-state index contributed by atoms with van der Waals surface area (Å²) in [6, 6.07) is 4.25. The summed E-state index contributed by atoms with van der Waals surface area (Å²) in [6.45, 7) is 2.64. The van der Waals surface area contributed by atoms with Crippen molar-refractivity contribution in [3.8, 4) is 5.75 Å². The van der Waals surface area contributed by atoms with Crippen LogP contribution < -0.4 is 10.1 Å². The first kappa shape index (κ1) is 11.6. The van der Waals surface area contributed by atoms with E-state index in [0.29, 0.717) is 19.0 Å². The molecule has 0 spiro atoms. The molecule has 0 radical (unpaired) electrons. The van der Waals surface area contributed by atoms with Crippen molar-refractivity contribution < 1.29 is 13.9 Å². The van der Waals surface area contributed by atoms with Crippen molar-refractivity contribution in [2.24, 2.45) is 0 Å². The second-order valence-corrected chi connectivity index (χ2v) is 4.02. The molecule has 1 fully saturated rings. The van der Waals surface area contributed by atoms with E-state index in [9.17, 15) is 4.39 Å². The molecule has 1 aliphatic heterocycles. The van der Waals surface area contributed by atoms with Crippen LogP contribution in [0.1, 0.15) is 0 Å². The molecule has 2 rings (SSSR count). The molecule has 1 aromatic rings. The Hall–Kier alpha value is -0.840. The maximum atomic E-state index is 12.8. The lowest BCUT2D eigenvalue weighted by atomic mass is 10.3. The molecule has 0 amide bonds. The number of hydrogen-bond donors (Lipinski definition) is 1. The van der Waals surface area contributed by atoms with Crippen LogP contribution in [0.25, 0.3) is 0 Å². The average molecular weight is 246 g/mol. The van der Waals surface area contributed by atoms with Crippen molar-refractivity contribution in [2.45, 2.75) is 6.04 Å². The molecular formula is C11H13ClFNO2. The molecule has 3 nitrogen and oxygen atoms in total.